The fourth-order valence-corrected chi connectivity index (χ4v) is 4.91. The van der Waals surface area contributed by atoms with Gasteiger partial charge in [0.2, 0.25) is 12.7 Å². The van der Waals surface area contributed by atoms with E-state index in [-0.39, 0.29) is 18.7 Å². The largest absolute Gasteiger partial charge is 0.493 e. The fraction of sp³-hybridized carbons (Fsp3) is 0.409. The number of nitrogens with one attached hydrogen (secondary N) is 1. The first-order chi connectivity index (χ1) is 14.2. The highest BCUT2D eigenvalue weighted by atomic mass is 16.7. The van der Waals surface area contributed by atoms with E-state index >= 15 is 0 Å². The van der Waals surface area contributed by atoms with E-state index in [0.29, 0.717) is 11.5 Å². The van der Waals surface area contributed by atoms with Gasteiger partial charge in [0.25, 0.3) is 0 Å². The normalized spacial score (nSPS) is 21.6. The van der Waals surface area contributed by atoms with Crippen molar-refractivity contribution in [1.29, 1.82) is 0 Å². The Balaban J connectivity index is 1.67. The van der Waals surface area contributed by atoms with Crippen LogP contribution in [0.2, 0.25) is 0 Å². The summed E-state index contributed by atoms with van der Waals surface area (Å²) in [4.78, 5) is 15.3. The summed E-state index contributed by atoms with van der Waals surface area (Å²) in [7, 11) is 4.91. The number of hydrogen-bond acceptors (Lipinski definition) is 6. The average Bonchev–Trinajstić information content (AvgIpc) is 3.22. The molecule has 3 aliphatic rings. The van der Waals surface area contributed by atoms with Crippen LogP contribution in [0.1, 0.15) is 34.3 Å². The molecule has 0 saturated heterocycles. The zero-order chi connectivity index (χ0) is 20.1. The number of likely N-dealkylation sites (N-methyl/N-ethyl adjacent to an activating group) is 1. The van der Waals surface area contributed by atoms with Gasteiger partial charge in [0.15, 0.2) is 23.0 Å². The molecule has 1 N–H and O–H groups in total. The lowest BCUT2D eigenvalue weighted by Gasteiger charge is -2.46. The predicted molar refractivity (Wildman–Crippen MR) is 106 cm³/mol. The van der Waals surface area contributed by atoms with Crippen molar-refractivity contribution in [2.24, 2.45) is 0 Å². The van der Waals surface area contributed by atoms with E-state index in [1.807, 2.05) is 12.1 Å². The van der Waals surface area contributed by atoms with Crippen LogP contribution in [0.4, 0.5) is 0 Å². The van der Waals surface area contributed by atoms with Gasteiger partial charge in [-0.2, -0.15) is 0 Å². The molecule has 3 heterocycles. The number of carbonyl (C=O) groups excluding carboxylic acids is 1. The van der Waals surface area contributed by atoms with Gasteiger partial charge in [-0.3, -0.25) is 9.69 Å². The zero-order valence-electron chi connectivity index (χ0n) is 16.8. The van der Waals surface area contributed by atoms with E-state index in [0.717, 1.165) is 42.0 Å². The van der Waals surface area contributed by atoms with E-state index in [2.05, 4.69) is 22.3 Å². The molecular weight excluding hydrogens is 372 g/mol. The van der Waals surface area contributed by atoms with Gasteiger partial charge in [-0.25, -0.2) is 0 Å². The van der Waals surface area contributed by atoms with Gasteiger partial charge in [-0.15, -0.1) is 0 Å². The summed E-state index contributed by atoms with van der Waals surface area (Å²) in [5, 5.41) is 2.84. The van der Waals surface area contributed by atoms with Crippen molar-refractivity contribution in [2.75, 3.05) is 34.6 Å². The third kappa shape index (κ3) is 2.64. The third-order valence-corrected chi connectivity index (χ3v) is 6.22. The van der Waals surface area contributed by atoms with Gasteiger partial charge in [0.05, 0.1) is 14.2 Å². The standard InChI is InChI=1S/C22H24N2O5/c1-23-22(25)20-19-13(4-5-16(26-2)21(19)27-3)8-15-14-10-18-17(28-11-29-18)9-12(14)6-7-24(15)20/h4-5,9-10,15,20H,6-8,11H2,1-3H3,(H,23,25). The molecule has 0 spiro atoms. The lowest BCUT2D eigenvalue weighted by molar-refractivity contribution is -0.128. The number of carbonyl (C=O) groups is 1. The van der Waals surface area contributed by atoms with Crippen molar-refractivity contribution in [3.05, 3.63) is 46.5 Å². The van der Waals surface area contributed by atoms with E-state index in [9.17, 15) is 4.79 Å². The Labute approximate surface area is 169 Å². The third-order valence-electron chi connectivity index (χ3n) is 6.22. The van der Waals surface area contributed by atoms with Crippen LogP contribution in [0, 0.1) is 0 Å². The summed E-state index contributed by atoms with van der Waals surface area (Å²) in [5.41, 5.74) is 4.46. The second kappa shape index (κ2) is 6.84. The van der Waals surface area contributed by atoms with Crippen molar-refractivity contribution < 1.29 is 23.7 Å². The highest BCUT2D eigenvalue weighted by molar-refractivity contribution is 5.85. The van der Waals surface area contributed by atoms with Crippen molar-refractivity contribution in [3.8, 4) is 23.0 Å². The van der Waals surface area contributed by atoms with Gasteiger partial charge in [-0.05, 0) is 47.7 Å². The molecule has 7 nitrogen and oxygen atoms in total. The molecule has 7 heteroatoms. The molecule has 0 radical (unpaired) electrons. The highest BCUT2D eigenvalue weighted by Crippen LogP contribution is 2.50. The van der Waals surface area contributed by atoms with Crippen LogP contribution in [0.5, 0.6) is 23.0 Å². The molecule has 0 bridgehead atoms. The number of fused-ring (bicyclic) bond motifs is 5. The molecule has 0 saturated carbocycles. The van der Waals surface area contributed by atoms with Crippen LogP contribution in [0.3, 0.4) is 0 Å². The summed E-state index contributed by atoms with van der Waals surface area (Å²) >= 11 is 0. The minimum atomic E-state index is -0.447. The quantitative estimate of drug-likeness (QED) is 0.859. The maximum atomic E-state index is 13.1. The summed E-state index contributed by atoms with van der Waals surface area (Å²) in [6, 6.07) is 7.77. The van der Waals surface area contributed by atoms with Crippen LogP contribution < -0.4 is 24.3 Å². The van der Waals surface area contributed by atoms with Crippen LogP contribution in [0.25, 0.3) is 0 Å². The first-order valence-corrected chi connectivity index (χ1v) is 9.79. The van der Waals surface area contributed by atoms with Crippen LogP contribution in [0.15, 0.2) is 24.3 Å². The second-order valence-corrected chi connectivity index (χ2v) is 7.50. The van der Waals surface area contributed by atoms with Gasteiger partial charge >= 0.3 is 0 Å². The molecule has 5 rings (SSSR count). The smallest absolute Gasteiger partial charge is 0.241 e. The number of amides is 1. The summed E-state index contributed by atoms with van der Waals surface area (Å²) < 4.78 is 22.4. The topological polar surface area (TPSA) is 69.3 Å². The zero-order valence-corrected chi connectivity index (χ0v) is 16.8. The molecule has 2 aromatic rings. The van der Waals surface area contributed by atoms with E-state index in [1.54, 1.807) is 21.3 Å². The molecule has 0 aliphatic carbocycles. The molecule has 0 aromatic heterocycles. The number of rotatable bonds is 3. The molecule has 3 aliphatic heterocycles. The first-order valence-electron chi connectivity index (χ1n) is 9.79. The molecular formula is C22H24N2O5. The monoisotopic (exact) mass is 396 g/mol. The Morgan fingerprint density at radius 3 is 2.66 bits per heavy atom. The Morgan fingerprint density at radius 1 is 1.14 bits per heavy atom. The summed E-state index contributed by atoms with van der Waals surface area (Å²) in [5.74, 6) is 2.81. The average molecular weight is 396 g/mol. The van der Waals surface area contributed by atoms with E-state index in [1.165, 1.54) is 11.1 Å². The van der Waals surface area contributed by atoms with Gasteiger partial charge < -0.3 is 24.3 Å². The molecule has 1 amide bonds. The molecule has 2 atom stereocenters. The molecule has 29 heavy (non-hydrogen) atoms. The van der Waals surface area contributed by atoms with Crippen molar-refractivity contribution >= 4 is 5.91 Å². The Bertz CT molecular complexity index is 990. The van der Waals surface area contributed by atoms with Gasteiger partial charge in [-0.1, -0.05) is 6.07 Å². The molecule has 2 aromatic carbocycles. The number of ether oxygens (including phenoxy) is 4. The van der Waals surface area contributed by atoms with Gasteiger partial charge in [0, 0.05) is 25.2 Å². The van der Waals surface area contributed by atoms with Crippen molar-refractivity contribution in [3.63, 3.8) is 0 Å². The minimum absolute atomic E-state index is 0.0494. The molecule has 2 unspecified atom stereocenters. The first kappa shape index (κ1) is 18.1. The van der Waals surface area contributed by atoms with E-state index < -0.39 is 6.04 Å². The number of nitrogens with zero attached hydrogens (tertiary/aromatic N) is 1. The van der Waals surface area contributed by atoms with Crippen LogP contribution >= 0.6 is 0 Å². The fourth-order valence-electron chi connectivity index (χ4n) is 4.91. The maximum absolute atomic E-state index is 13.1. The highest BCUT2D eigenvalue weighted by Gasteiger charge is 2.44. The summed E-state index contributed by atoms with van der Waals surface area (Å²) in [6.07, 6.45) is 1.63. The maximum Gasteiger partial charge on any atom is 0.241 e. The van der Waals surface area contributed by atoms with E-state index in [4.69, 9.17) is 18.9 Å². The predicted octanol–water partition coefficient (Wildman–Crippen LogP) is 2.38. The summed E-state index contributed by atoms with van der Waals surface area (Å²) in [6.45, 7) is 1.03. The van der Waals surface area contributed by atoms with Crippen LogP contribution in [-0.2, 0) is 17.6 Å². The van der Waals surface area contributed by atoms with Crippen LogP contribution in [-0.4, -0.2) is 45.4 Å². The van der Waals surface area contributed by atoms with Crippen molar-refractivity contribution in [1.82, 2.24) is 10.2 Å². The SMILES string of the molecule is CNC(=O)C1c2c(ccc(OC)c2OC)CC2c3cc4c(cc3CCN21)OCO4. The number of hydrogen-bond donors (Lipinski definition) is 1. The lowest BCUT2D eigenvalue weighted by atomic mass is 9.80. The Hall–Kier alpha value is -2.93. The minimum Gasteiger partial charge on any atom is -0.493 e. The Kier molecular flexibility index (Phi) is 4.28. The lowest BCUT2D eigenvalue weighted by Crippen LogP contribution is -2.48. The molecule has 0 fully saturated rings. The number of methoxy groups -OCH3 is 2. The van der Waals surface area contributed by atoms with Gasteiger partial charge in [0.1, 0.15) is 6.04 Å². The van der Waals surface area contributed by atoms with Crippen molar-refractivity contribution in [2.45, 2.75) is 24.9 Å². The number of benzene rings is 2. The Morgan fingerprint density at radius 2 is 1.93 bits per heavy atom. The second-order valence-electron chi connectivity index (χ2n) is 7.50. The molecule has 152 valence electrons.